The fourth-order valence-corrected chi connectivity index (χ4v) is 12.2. The topological polar surface area (TPSA) is 42.6 Å². The molecule has 0 fully saturated rings. The van der Waals surface area contributed by atoms with Crippen LogP contribution in [0, 0.1) is 32.9 Å². The van der Waals surface area contributed by atoms with Crippen molar-refractivity contribution in [2.24, 2.45) is 4.99 Å². The minimum Gasteiger partial charge on any atom is -0.503 e. The minimum absolute atomic E-state index is 0. The molecule has 0 bridgehead atoms. The fourth-order valence-electron chi connectivity index (χ4n) is 12.2. The third-order valence-corrected chi connectivity index (χ3v) is 16.0. The summed E-state index contributed by atoms with van der Waals surface area (Å²) >= 11 is 0. The number of aliphatic imine (C=N–C) groups is 1. The van der Waals surface area contributed by atoms with E-state index in [2.05, 4.69) is 198 Å². The Hall–Kier alpha value is -4.99. The van der Waals surface area contributed by atoms with Gasteiger partial charge in [-0.25, -0.2) is 4.98 Å². The summed E-state index contributed by atoms with van der Waals surface area (Å²) in [6.07, 6.45) is 3.80. The summed E-state index contributed by atoms with van der Waals surface area (Å²) in [6, 6.07) is 35.6. The van der Waals surface area contributed by atoms with Crippen LogP contribution >= 0.6 is 0 Å². The van der Waals surface area contributed by atoms with Crippen molar-refractivity contribution < 1.29 is 25.8 Å². The van der Waals surface area contributed by atoms with Gasteiger partial charge in [-0.3, -0.25) is 0 Å². The van der Waals surface area contributed by atoms with Gasteiger partial charge in [0.25, 0.3) is 0 Å². The van der Waals surface area contributed by atoms with Crippen molar-refractivity contribution in [2.45, 2.75) is 156 Å². The number of para-hydroxylation sites is 1. The zero-order valence-corrected chi connectivity index (χ0v) is 43.9. The molecule has 1 unspecified atom stereocenters. The van der Waals surface area contributed by atoms with E-state index in [-0.39, 0.29) is 48.4 Å². The predicted molar refractivity (Wildman–Crippen MR) is 269 cm³/mol. The summed E-state index contributed by atoms with van der Waals surface area (Å²) in [5, 5.41) is 2.40. The van der Waals surface area contributed by atoms with E-state index in [0.29, 0.717) is 23.3 Å². The molecule has 1 spiro atoms. The van der Waals surface area contributed by atoms with Crippen molar-refractivity contribution in [1.29, 1.82) is 0 Å². The first-order valence-electron chi connectivity index (χ1n) is 23.9. The molecule has 3 atom stereocenters. The summed E-state index contributed by atoms with van der Waals surface area (Å²) < 4.78 is 9.51. The normalized spacial score (nSPS) is 21.3. The van der Waals surface area contributed by atoms with Crippen LogP contribution < -0.4 is 9.64 Å². The van der Waals surface area contributed by atoms with Crippen LogP contribution in [0.1, 0.15) is 168 Å². The Kier molecular flexibility index (Phi) is 9.85. The predicted octanol–water partition coefficient (Wildman–Crippen LogP) is 14.8. The van der Waals surface area contributed by atoms with Crippen molar-refractivity contribution >= 4 is 33.3 Å². The SMILES string of the molecule is Cc1cc2c3cc(C(C)(C)C)cc4c3n(c2[c-]c1Oc1[c-]c(C2=N[C@]3(C)Cc5cc(C)c(C)cc5[C@@]35CC(C)c3cccc(C(C)C)c3N25)cc(C(C)(C)C)c1)-c1ncccc1C4(C)C.[Pt+2]. The molecule has 66 heavy (non-hydrogen) atoms. The fraction of sp³-hybridized carbons (Fsp3) is 0.400. The smallest absolute Gasteiger partial charge is 0.503 e. The van der Waals surface area contributed by atoms with E-state index >= 15 is 0 Å². The molecular formula is C60H64N4OPt. The van der Waals surface area contributed by atoms with Crippen LogP contribution in [0.3, 0.4) is 0 Å². The van der Waals surface area contributed by atoms with Gasteiger partial charge in [-0.05, 0) is 112 Å². The standard InChI is InChI=1S/C60H64N4O.Pt/c1-33(2)43-18-16-19-44-37(6)31-60-48-24-35(4)34(3)22-39(48)32-59(60,15)62-54(64(60)52(43)44)38-25-40(56(7,8)9)27-42(26-38)65-51-30-50-45(23-36(51)5)46-28-41(57(10,11)12)29-49-53(46)63(50)55-47(58(49,13)14)20-17-21-61-55;/h16-25,27-29,33,37H,31-32H2,1-15H3;/q-2;+2/t37?,59-,60+;/m1./s1. The summed E-state index contributed by atoms with van der Waals surface area (Å²) in [7, 11) is 0. The molecule has 7 aromatic rings. The van der Waals surface area contributed by atoms with Crippen LogP contribution in [0.5, 0.6) is 11.5 Å². The van der Waals surface area contributed by atoms with Crippen LogP contribution in [-0.4, -0.2) is 20.9 Å². The Morgan fingerprint density at radius 1 is 0.773 bits per heavy atom. The van der Waals surface area contributed by atoms with E-state index in [4.69, 9.17) is 14.7 Å². The van der Waals surface area contributed by atoms with Gasteiger partial charge in [-0.1, -0.05) is 149 Å². The third-order valence-electron chi connectivity index (χ3n) is 16.0. The average molecular weight is 1050 g/mol. The Morgan fingerprint density at radius 3 is 2.20 bits per heavy atom. The second kappa shape index (κ2) is 14.5. The van der Waals surface area contributed by atoms with E-state index < -0.39 is 0 Å². The number of hydrogen-bond donors (Lipinski definition) is 0. The van der Waals surface area contributed by atoms with Gasteiger partial charge < -0.3 is 19.2 Å². The van der Waals surface area contributed by atoms with Crippen LogP contribution in [0.2, 0.25) is 0 Å². The molecule has 1 aliphatic carbocycles. The van der Waals surface area contributed by atoms with E-state index in [9.17, 15) is 0 Å². The second-order valence-electron chi connectivity index (χ2n) is 23.3. The molecule has 0 saturated heterocycles. The summed E-state index contributed by atoms with van der Waals surface area (Å²) in [5.41, 5.74) is 17.7. The van der Waals surface area contributed by atoms with E-state index in [0.717, 1.165) is 46.5 Å². The molecule has 0 radical (unpaired) electrons. The van der Waals surface area contributed by atoms with Gasteiger partial charge in [0.2, 0.25) is 0 Å². The average Bonchev–Trinajstić information content (AvgIpc) is 3.77. The maximum absolute atomic E-state index is 7.17. The maximum atomic E-state index is 7.17. The molecule has 5 nitrogen and oxygen atoms in total. The first-order chi connectivity index (χ1) is 30.5. The maximum Gasteiger partial charge on any atom is 2.00 e. The van der Waals surface area contributed by atoms with Crippen molar-refractivity contribution in [1.82, 2.24) is 9.55 Å². The van der Waals surface area contributed by atoms with Crippen LogP contribution in [0.25, 0.3) is 27.6 Å². The van der Waals surface area contributed by atoms with Gasteiger partial charge in [0, 0.05) is 39.9 Å². The number of aryl methyl sites for hydroxylation is 3. The van der Waals surface area contributed by atoms with Crippen LogP contribution in [-0.2, 0) is 49.3 Å². The first kappa shape index (κ1) is 44.8. The molecule has 4 aliphatic rings. The molecule has 0 N–H and O–H groups in total. The number of hydrogen-bond acceptors (Lipinski definition) is 4. The van der Waals surface area contributed by atoms with Gasteiger partial charge in [0.1, 0.15) is 5.82 Å². The Labute approximate surface area is 407 Å². The molecule has 5 heterocycles. The Balaban J connectivity index is 0.00000511. The van der Waals surface area contributed by atoms with Gasteiger partial charge in [0.05, 0.1) is 16.9 Å². The zero-order chi connectivity index (χ0) is 46.1. The van der Waals surface area contributed by atoms with E-state index in [1.807, 2.05) is 6.20 Å². The number of benzene rings is 5. The number of ether oxygens (including phenoxy) is 1. The monoisotopic (exact) mass is 1050 g/mol. The molecule has 0 saturated carbocycles. The molecular weight excluding hydrogens is 988 g/mol. The largest absolute Gasteiger partial charge is 2.00 e. The van der Waals surface area contributed by atoms with Crippen molar-refractivity contribution in [3.05, 3.63) is 158 Å². The number of pyridine rings is 1. The van der Waals surface area contributed by atoms with Crippen molar-refractivity contribution in [2.75, 3.05) is 4.90 Å². The summed E-state index contributed by atoms with van der Waals surface area (Å²) in [6.45, 7) is 34.7. The van der Waals surface area contributed by atoms with Gasteiger partial charge in [-0.15, -0.1) is 34.2 Å². The Bertz CT molecular complexity index is 3230. The number of rotatable bonds is 4. The van der Waals surface area contributed by atoms with E-state index in [1.165, 1.54) is 72.2 Å². The quantitative estimate of drug-likeness (QED) is 0.165. The van der Waals surface area contributed by atoms with Gasteiger partial charge >= 0.3 is 21.1 Å². The van der Waals surface area contributed by atoms with Gasteiger partial charge in [-0.2, -0.15) is 6.07 Å². The summed E-state index contributed by atoms with van der Waals surface area (Å²) in [4.78, 5) is 13.7. The van der Waals surface area contributed by atoms with Crippen molar-refractivity contribution in [3.8, 4) is 17.3 Å². The molecule has 11 rings (SSSR count). The molecule has 340 valence electrons. The third kappa shape index (κ3) is 6.13. The Morgan fingerprint density at radius 2 is 1.48 bits per heavy atom. The second-order valence-corrected chi connectivity index (χ2v) is 23.3. The molecule has 5 aromatic carbocycles. The van der Waals surface area contributed by atoms with Crippen LogP contribution in [0.4, 0.5) is 5.69 Å². The number of amidine groups is 1. The number of anilines is 1. The van der Waals surface area contributed by atoms with Crippen molar-refractivity contribution in [3.63, 3.8) is 0 Å². The van der Waals surface area contributed by atoms with Crippen LogP contribution in [0.15, 0.2) is 84.0 Å². The number of nitrogens with zero attached hydrogens (tertiary/aromatic N) is 4. The zero-order valence-electron chi connectivity index (χ0n) is 41.6. The molecule has 6 heteroatoms. The first-order valence-corrected chi connectivity index (χ1v) is 23.9. The minimum atomic E-state index is -0.383. The number of aromatic nitrogens is 2. The number of fused-ring (bicyclic) bond motifs is 8. The molecule has 3 aliphatic heterocycles. The summed E-state index contributed by atoms with van der Waals surface area (Å²) in [5.74, 6) is 4.00. The van der Waals surface area contributed by atoms with E-state index in [1.54, 1.807) is 0 Å². The molecule has 0 amide bonds. The van der Waals surface area contributed by atoms with Gasteiger partial charge in [0.15, 0.2) is 0 Å². The molecule has 2 aromatic heterocycles.